The average molecular weight is 375 g/mol. The Morgan fingerprint density at radius 1 is 1.00 bits per heavy atom. The lowest BCUT2D eigenvalue weighted by atomic mass is 9.73. The second-order valence-corrected chi connectivity index (χ2v) is 8.08. The Hall–Kier alpha value is -2.73. The van der Waals surface area contributed by atoms with E-state index in [0.717, 1.165) is 50.1 Å². The van der Waals surface area contributed by atoms with Crippen LogP contribution in [0.2, 0.25) is 0 Å². The van der Waals surface area contributed by atoms with Gasteiger partial charge in [-0.25, -0.2) is 9.97 Å². The maximum Gasteiger partial charge on any atom is 0.272 e. The van der Waals surface area contributed by atoms with Crippen molar-refractivity contribution < 1.29 is 4.79 Å². The minimum Gasteiger partial charge on any atom is -0.337 e. The molecule has 4 heterocycles. The van der Waals surface area contributed by atoms with Gasteiger partial charge in [0, 0.05) is 19.6 Å². The van der Waals surface area contributed by atoms with E-state index in [9.17, 15) is 4.79 Å². The van der Waals surface area contributed by atoms with Crippen LogP contribution in [0.4, 0.5) is 0 Å². The van der Waals surface area contributed by atoms with E-state index in [0.29, 0.717) is 22.6 Å². The van der Waals surface area contributed by atoms with Crippen LogP contribution in [0.3, 0.4) is 0 Å². The average Bonchev–Trinajstić information content (AvgIpc) is 3.19. The van der Waals surface area contributed by atoms with Gasteiger partial charge >= 0.3 is 0 Å². The fourth-order valence-electron chi connectivity index (χ4n) is 4.56. The number of nitrogens with zero attached hydrogens (tertiary/aromatic N) is 3. The van der Waals surface area contributed by atoms with Crippen molar-refractivity contribution >= 4 is 16.9 Å². The van der Waals surface area contributed by atoms with Crippen molar-refractivity contribution in [2.24, 2.45) is 5.41 Å². The Kier molecular flexibility index (Phi) is 4.36. The number of imidazole rings is 1. The number of fused-ring (bicyclic) bond motifs is 1. The first-order valence-corrected chi connectivity index (χ1v) is 10.1. The van der Waals surface area contributed by atoms with Gasteiger partial charge in [-0.15, -0.1) is 0 Å². The first kappa shape index (κ1) is 17.4. The van der Waals surface area contributed by atoms with Gasteiger partial charge in [-0.1, -0.05) is 18.2 Å². The fraction of sp³-hybridized carbons (Fsp3) is 0.409. The Bertz CT molecular complexity index is 962. The number of pyridine rings is 1. The van der Waals surface area contributed by atoms with E-state index in [1.54, 1.807) is 6.07 Å². The molecule has 0 atom stereocenters. The number of carbonyl (C=O) groups excluding carboxylic acids is 1. The maximum atomic E-state index is 13.0. The molecule has 6 heteroatoms. The van der Waals surface area contributed by atoms with Gasteiger partial charge < -0.3 is 15.2 Å². The molecule has 0 aliphatic carbocycles. The number of hydrogen-bond donors (Lipinski definition) is 2. The summed E-state index contributed by atoms with van der Waals surface area (Å²) in [6.07, 6.45) is 4.68. The highest BCUT2D eigenvalue weighted by Gasteiger charge is 2.37. The first-order chi connectivity index (χ1) is 13.7. The van der Waals surface area contributed by atoms with Crippen molar-refractivity contribution in [2.75, 3.05) is 26.2 Å². The van der Waals surface area contributed by atoms with Gasteiger partial charge in [-0.2, -0.15) is 0 Å². The van der Waals surface area contributed by atoms with Gasteiger partial charge in [0.15, 0.2) is 5.82 Å². The Morgan fingerprint density at radius 3 is 2.64 bits per heavy atom. The Balaban J connectivity index is 1.34. The summed E-state index contributed by atoms with van der Waals surface area (Å²) in [5.41, 5.74) is 3.46. The number of amides is 1. The minimum atomic E-state index is 0.0246. The molecule has 144 valence electrons. The number of benzene rings is 1. The SMILES string of the molecule is O=C(c1cccc(-c2nc3ccccc3[nH]2)n1)N1CCC2(CCCNC2)CC1. The number of nitrogens with one attached hydrogen (secondary N) is 2. The van der Waals surface area contributed by atoms with E-state index >= 15 is 0 Å². The molecule has 1 aromatic carbocycles. The van der Waals surface area contributed by atoms with Gasteiger partial charge in [-0.05, 0) is 61.9 Å². The quantitative estimate of drug-likeness (QED) is 0.721. The highest BCUT2D eigenvalue weighted by molar-refractivity contribution is 5.93. The molecular formula is C22H25N5O. The number of carbonyl (C=O) groups is 1. The standard InChI is InChI=1S/C22H25N5O/c28-21(27-13-10-22(11-14-27)9-4-12-23-15-22)19-8-3-7-18(24-19)20-25-16-5-1-2-6-17(16)26-20/h1-3,5-8,23H,4,9-15H2,(H,25,26). The molecule has 2 aliphatic heterocycles. The van der Waals surface area contributed by atoms with Crippen LogP contribution in [0.5, 0.6) is 0 Å². The third-order valence-corrected chi connectivity index (χ3v) is 6.27. The summed E-state index contributed by atoms with van der Waals surface area (Å²) in [7, 11) is 0. The van der Waals surface area contributed by atoms with Crippen molar-refractivity contribution in [1.82, 2.24) is 25.2 Å². The van der Waals surface area contributed by atoms with Gasteiger partial charge in [0.2, 0.25) is 0 Å². The van der Waals surface area contributed by atoms with Crippen LogP contribution < -0.4 is 5.32 Å². The first-order valence-electron chi connectivity index (χ1n) is 10.1. The highest BCUT2D eigenvalue weighted by Crippen LogP contribution is 2.37. The Labute approximate surface area is 164 Å². The molecule has 0 saturated carbocycles. The molecule has 1 amide bonds. The molecule has 1 spiro atoms. The minimum absolute atomic E-state index is 0.0246. The molecule has 5 rings (SSSR count). The maximum absolute atomic E-state index is 13.0. The summed E-state index contributed by atoms with van der Waals surface area (Å²) in [5.74, 6) is 0.721. The predicted octanol–water partition coefficient (Wildman–Crippen LogP) is 3.23. The molecule has 0 bridgehead atoms. The fourth-order valence-corrected chi connectivity index (χ4v) is 4.56. The molecule has 28 heavy (non-hydrogen) atoms. The summed E-state index contributed by atoms with van der Waals surface area (Å²) in [5, 5.41) is 3.53. The summed E-state index contributed by atoms with van der Waals surface area (Å²) in [6, 6.07) is 13.5. The normalized spacial score (nSPS) is 19.2. The monoisotopic (exact) mass is 375 g/mol. The van der Waals surface area contributed by atoms with Crippen LogP contribution >= 0.6 is 0 Å². The molecule has 0 radical (unpaired) electrons. The van der Waals surface area contributed by atoms with Gasteiger partial charge in [-0.3, -0.25) is 4.79 Å². The zero-order chi connectivity index (χ0) is 19.0. The summed E-state index contributed by atoms with van der Waals surface area (Å²) < 4.78 is 0. The van der Waals surface area contributed by atoms with Gasteiger partial charge in [0.1, 0.15) is 11.4 Å². The smallest absolute Gasteiger partial charge is 0.272 e. The van der Waals surface area contributed by atoms with Crippen molar-refractivity contribution in [3.8, 4) is 11.5 Å². The number of hydrogen-bond acceptors (Lipinski definition) is 4. The molecule has 0 unspecified atom stereocenters. The van der Waals surface area contributed by atoms with Crippen LogP contribution in [0.25, 0.3) is 22.6 Å². The van der Waals surface area contributed by atoms with E-state index < -0.39 is 0 Å². The van der Waals surface area contributed by atoms with E-state index in [1.165, 1.54) is 12.8 Å². The Morgan fingerprint density at radius 2 is 1.86 bits per heavy atom. The summed E-state index contributed by atoms with van der Waals surface area (Å²) in [6.45, 7) is 3.85. The van der Waals surface area contributed by atoms with Crippen LogP contribution in [-0.2, 0) is 0 Å². The second-order valence-electron chi connectivity index (χ2n) is 8.08. The predicted molar refractivity (Wildman–Crippen MR) is 109 cm³/mol. The number of likely N-dealkylation sites (tertiary alicyclic amines) is 1. The van der Waals surface area contributed by atoms with Crippen molar-refractivity contribution in [3.63, 3.8) is 0 Å². The van der Waals surface area contributed by atoms with E-state index in [-0.39, 0.29) is 5.91 Å². The summed E-state index contributed by atoms with van der Waals surface area (Å²) >= 11 is 0. The third-order valence-electron chi connectivity index (χ3n) is 6.27. The van der Waals surface area contributed by atoms with Crippen molar-refractivity contribution in [2.45, 2.75) is 25.7 Å². The molecule has 2 saturated heterocycles. The summed E-state index contributed by atoms with van der Waals surface area (Å²) in [4.78, 5) is 27.5. The molecule has 2 aromatic heterocycles. The van der Waals surface area contributed by atoms with Gasteiger partial charge in [0.05, 0.1) is 11.0 Å². The van der Waals surface area contributed by atoms with Gasteiger partial charge in [0.25, 0.3) is 5.91 Å². The molecular weight excluding hydrogens is 350 g/mol. The number of aromatic amines is 1. The second kappa shape index (κ2) is 7.02. The highest BCUT2D eigenvalue weighted by atomic mass is 16.2. The molecule has 3 aromatic rings. The molecule has 2 N–H and O–H groups in total. The van der Waals surface area contributed by atoms with E-state index in [4.69, 9.17) is 0 Å². The third kappa shape index (κ3) is 3.18. The van der Waals surface area contributed by atoms with E-state index in [2.05, 4.69) is 20.3 Å². The number of H-pyrrole nitrogens is 1. The largest absolute Gasteiger partial charge is 0.337 e. The number of para-hydroxylation sites is 2. The number of piperidine rings is 2. The van der Waals surface area contributed by atoms with Crippen molar-refractivity contribution in [1.29, 1.82) is 0 Å². The van der Waals surface area contributed by atoms with Crippen LogP contribution in [0.1, 0.15) is 36.2 Å². The zero-order valence-corrected chi connectivity index (χ0v) is 15.9. The molecule has 2 aliphatic rings. The lowest BCUT2D eigenvalue weighted by Gasteiger charge is -2.44. The molecule has 2 fully saturated rings. The lowest BCUT2D eigenvalue weighted by Crippen LogP contribution is -2.49. The van der Waals surface area contributed by atoms with Crippen LogP contribution in [0, 0.1) is 5.41 Å². The zero-order valence-electron chi connectivity index (χ0n) is 15.9. The molecule has 6 nitrogen and oxygen atoms in total. The van der Waals surface area contributed by atoms with Crippen molar-refractivity contribution in [3.05, 3.63) is 48.2 Å². The topological polar surface area (TPSA) is 73.9 Å². The van der Waals surface area contributed by atoms with Crippen LogP contribution in [-0.4, -0.2) is 51.9 Å². The van der Waals surface area contributed by atoms with E-state index in [1.807, 2.05) is 41.3 Å². The number of aromatic nitrogens is 3. The lowest BCUT2D eigenvalue weighted by molar-refractivity contribution is 0.0508. The van der Waals surface area contributed by atoms with Crippen LogP contribution in [0.15, 0.2) is 42.5 Å². The number of rotatable bonds is 2.